The molecule has 0 radical (unpaired) electrons. The molecule has 7 heteroatoms. The number of rotatable bonds is 6. The third kappa shape index (κ3) is 5.46. The van der Waals surface area contributed by atoms with E-state index in [1.807, 2.05) is 67.6 Å². The van der Waals surface area contributed by atoms with Crippen LogP contribution in [0.2, 0.25) is 0 Å². The summed E-state index contributed by atoms with van der Waals surface area (Å²) in [7, 11) is 0. The Morgan fingerprint density at radius 2 is 1.97 bits per heavy atom. The molecule has 3 heterocycles. The number of carbonyl (C=O) groups is 1. The van der Waals surface area contributed by atoms with E-state index in [1.54, 1.807) is 35.8 Å². The monoisotopic (exact) mass is 428 g/mol. The van der Waals surface area contributed by atoms with Crippen LogP contribution in [0.4, 0.5) is 0 Å². The molecule has 0 saturated carbocycles. The minimum absolute atomic E-state index is 0.143. The van der Waals surface area contributed by atoms with Crippen LogP contribution >= 0.6 is 11.8 Å². The van der Waals surface area contributed by atoms with Crippen molar-refractivity contribution in [3.63, 3.8) is 0 Å². The summed E-state index contributed by atoms with van der Waals surface area (Å²) in [6, 6.07) is 17.3. The largest absolute Gasteiger partial charge is 0.467 e. The van der Waals surface area contributed by atoms with Crippen molar-refractivity contribution in [1.82, 2.24) is 9.88 Å². The van der Waals surface area contributed by atoms with Crippen molar-refractivity contribution < 1.29 is 9.21 Å². The third-order valence-electron chi connectivity index (χ3n) is 4.36. The number of nitrogens with zero attached hydrogens (tertiary/aromatic N) is 4. The molecule has 3 aromatic rings. The van der Waals surface area contributed by atoms with Gasteiger partial charge in [-0.25, -0.2) is 0 Å². The lowest BCUT2D eigenvalue weighted by molar-refractivity contribution is -0.122. The number of aromatic nitrogens is 1. The fourth-order valence-corrected chi connectivity index (χ4v) is 3.85. The minimum Gasteiger partial charge on any atom is -0.467 e. The van der Waals surface area contributed by atoms with Gasteiger partial charge in [-0.2, -0.15) is 5.10 Å². The summed E-state index contributed by atoms with van der Waals surface area (Å²) in [6.45, 7) is 2.24. The zero-order chi connectivity index (χ0) is 21.5. The van der Waals surface area contributed by atoms with E-state index in [9.17, 15) is 4.79 Å². The Morgan fingerprint density at radius 3 is 2.71 bits per heavy atom. The van der Waals surface area contributed by atoms with Crippen LogP contribution in [-0.2, 0) is 11.3 Å². The van der Waals surface area contributed by atoms with Crippen LogP contribution in [0.5, 0.6) is 0 Å². The fraction of sp³-hybridized carbons (Fsp3) is 0.0833. The number of hydrogen-bond donors (Lipinski definition) is 0. The zero-order valence-electron chi connectivity index (χ0n) is 16.9. The lowest BCUT2D eigenvalue weighted by Gasteiger charge is -2.12. The van der Waals surface area contributed by atoms with Crippen LogP contribution in [0.15, 0.2) is 98.4 Å². The van der Waals surface area contributed by atoms with E-state index in [-0.39, 0.29) is 12.5 Å². The molecule has 1 saturated heterocycles. The number of hydrogen-bond acceptors (Lipinski definition) is 6. The summed E-state index contributed by atoms with van der Waals surface area (Å²) in [5, 5.41) is 9.04. The molecule has 0 aliphatic carbocycles. The van der Waals surface area contributed by atoms with E-state index in [0.29, 0.717) is 15.8 Å². The highest BCUT2D eigenvalue weighted by Crippen LogP contribution is 2.33. The molecule has 1 aliphatic rings. The molecule has 0 N–H and O–H groups in total. The Balaban J connectivity index is 1.57. The van der Waals surface area contributed by atoms with Gasteiger partial charge in [0.2, 0.25) is 0 Å². The van der Waals surface area contributed by atoms with Crippen molar-refractivity contribution in [3.05, 3.63) is 101 Å². The molecule has 1 aliphatic heterocycles. The first kappa shape index (κ1) is 20.6. The Bertz CT molecular complexity index is 1150. The van der Waals surface area contributed by atoms with E-state index < -0.39 is 0 Å². The van der Waals surface area contributed by atoms with Gasteiger partial charge in [-0.15, -0.1) is 5.10 Å². The normalized spacial score (nSPS) is 17.4. The SMILES string of the molecule is CC(/C=N\N=C1\S/C(=C\c2cccnc2)C(=O)N1Cc1ccco1)=C\c1ccccc1. The Morgan fingerprint density at radius 1 is 1.13 bits per heavy atom. The van der Waals surface area contributed by atoms with Gasteiger partial charge in [-0.3, -0.25) is 14.7 Å². The van der Waals surface area contributed by atoms with E-state index in [4.69, 9.17) is 4.42 Å². The number of amides is 1. The van der Waals surface area contributed by atoms with Crippen molar-refractivity contribution >= 4 is 41.2 Å². The second-order valence-electron chi connectivity index (χ2n) is 6.79. The van der Waals surface area contributed by atoms with Gasteiger partial charge in [-0.05, 0) is 59.7 Å². The lowest BCUT2D eigenvalue weighted by atomic mass is 10.1. The van der Waals surface area contributed by atoms with Crippen LogP contribution in [0.25, 0.3) is 12.2 Å². The smallest absolute Gasteiger partial charge is 0.267 e. The van der Waals surface area contributed by atoms with Crippen LogP contribution in [0.1, 0.15) is 23.8 Å². The topological polar surface area (TPSA) is 71.1 Å². The molecule has 154 valence electrons. The van der Waals surface area contributed by atoms with Crippen LogP contribution in [0, 0.1) is 0 Å². The summed E-state index contributed by atoms with van der Waals surface area (Å²) in [5.41, 5.74) is 2.89. The maximum Gasteiger partial charge on any atom is 0.267 e. The molecule has 0 unspecified atom stereocenters. The molecule has 6 nitrogen and oxygen atoms in total. The quantitative estimate of drug-likeness (QED) is 0.306. The van der Waals surface area contributed by atoms with Crippen molar-refractivity contribution in [3.8, 4) is 0 Å². The summed E-state index contributed by atoms with van der Waals surface area (Å²) >= 11 is 1.28. The molecule has 0 atom stereocenters. The summed E-state index contributed by atoms with van der Waals surface area (Å²) in [4.78, 5) is 19.2. The number of benzene rings is 1. The van der Waals surface area contributed by atoms with Gasteiger partial charge in [0.25, 0.3) is 5.91 Å². The fourth-order valence-electron chi connectivity index (χ4n) is 2.91. The van der Waals surface area contributed by atoms with Gasteiger partial charge in [0.05, 0.1) is 23.9 Å². The van der Waals surface area contributed by atoms with Gasteiger partial charge in [0.15, 0.2) is 5.17 Å². The standard InChI is InChI=1S/C24H20N4O2S/c1-18(13-19-7-3-2-4-8-19)15-26-27-24-28(17-21-10-6-12-30-21)23(29)22(31-24)14-20-9-5-11-25-16-20/h2-16H,17H2,1H3/b18-13+,22-14-,26-15-,27-24+. The average Bonchev–Trinajstić information content (AvgIpc) is 3.40. The number of allylic oxidation sites excluding steroid dienone is 1. The maximum absolute atomic E-state index is 13.0. The first-order valence-electron chi connectivity index (χ1n) is 9.67. The summed E-state index contributed by atoms with van der Waals surface area (Å²) in [5.74, 6) is 0.532. The van der Waals surface area contributed by atoms with Gasteiger partial charge in [-0.1, -0.05) is 42.5 Å². The van der Waals surface area contributed by atoms with E-state index in [0.717, 1.165) is 16.7 Å². The van der Waals surface area contributed by atoms with E-state index >= 15 is 0 Å². The van der Waals surface area contributed by atoms with Gasteiger partial charge >= 0.3 is 0 Å². The lowest BCUT2D eigenvalue weighted by Crippen LogP contribution is -2.28. The van der Waals surface area contributed by atoms with Crippen LogP contribution in [0.3, 0.4) is 0 Å². The van der Waals surface area contributed by atoms with Gasteiger partial charge in [0, 0.05) is 12.4 Å². The molecule has 1 amide bonds. The average molecular weight is 429 g/mol. The Hall–Kier alpha value is -3.71. The molecular weight excluding hydrogens is 408 g/mol. The third-order valence-corrected chi connectivity index (χ3v) is 5.36. The second-order valence-corrected chi connectivity index (χ2v) is 7.80. The first-order chi connectivity index (χ1) is 15.2. The number of carbonyl (C=O) groups excluding carboxylic acids is 1. The van der Waals surface area contributed by atoms with E-state index in [1.165, 1.54) is 11.8 Å². The Kier molecular flexibility index (Phi) is 6.54. The Labute approximate surface area is 184 Å². The predicted molar refractivity (Wildman–Crippen MR) is 125 cm³/mol. The van der Waals surface area contributed by atoms with Crippen molar-refractivity contribution in [2.24, 2.45) is 10.2 Å². The molecule has 1 fully saturated rings. The minimum atomic E-state index is -0.143. The highest BCUT2D eigenvalue weighted by molar-refractivity contribution is 8.18. The van der Waals surface area contributed by atoms with Crippen molar-refractivity contribution in [1.29, 1.82) is 0 Å². The summed E-state index contributed by atoms with van der Waals surface area (Å²) in [6.07, 6.45) is 10.5. The molecule has 31 heavy (non-hydrogen) atoms. The highest BCUT2D eigenvalue weighted by atomic mass is 32.2. The van der Waals surface area contributed by atoms with Crippen molar-refractivity contribution in [2.45, 2.75) is 13.5 Å². The number of thioether (sulfide) groups is 1. The molecule has 1 aromatic carbocycles. The molecule has 2 aromatic heterocycles. The number of furan rings is 1. The van der Waals surface area contributed by atoms with Gasteiger partial charge in [0.1, 0.15) is 5.76 Å². The predicted octanol–water partition coefficient (Wildman–Crippen LogP) is 5.24. The van der Waals surface area contributed by atoms with Crippen LogP contribution in [-0.4, -0.2) is 27.2 Å². The number of amidine groups is 1. The first-order valence-corrected chi connectivity index (χ1v) is 10.5. The van der Waals surface area contributed by atoms with Crippen molar-refractivity contribution in [2.75, 3.05) is 0 Å². The maximum atomic E-state index is 13.0. The van der Waals surface area contributed by atoms with Gasteiger partial charge < -0.3 is 4.42 Å². The summed E-state index contributed by atoms with van der Waals surface area (Å²) < 4.78 is 5.42. The van der Waals surface area contributed by atoms with Crippen LogP contribution < -0.4 is 0 Å². The second kappa shape index (κ2) is 9.86. The zero-order valence-corrected chi connectivity index (χ0v) is 17.7. The van der Waals surface area contributed by atoms with E-state index in [2.05, 4.69) is 15.2 Å². The molecule has 4 rings (SSSR count). The number of pyridine rings is 1. The molecule has 0 spiro atoms. The highest BCUT2D eigenvalue weighted by Gasteiger charge is 2.34. The molecular formula is C24H20N4O2S. The molecule has 0 bridgehead atoms.